The maximum atomic E-state index is 13.3. The number of rotatable bonds is 7. The van der Waals surface area contributed by atoms with Crippen molar-refractivity contribution in [1.82, 2.24) is 15.0 Å². The highest BCUT2D eigenvalue weighted by atomic mass is 32.1. The quantitative estimate of drug-likeness (QED) is 0.111. The second-order valence-electron chi connectivity index (χ2n) is 15.7. The highest BCUT2D eigenvalue weighted by molar-refractivity contribution is 7.13. The Morgan fingerprint density at radius 3 is 2.42 bits per heavy atom. The summed E-state index contributed by atoms with van der Waals surface area (Å²) in [6.07, 6.45) is 7.03. The first kappa shape index (κ1) is 35.1. The summed E-state index contributed by atoms with van der Waals surface area (Å²) in [5.41, 5.74) is 19.1. The molecule has 11 rings (SSSR count). The van der Waals surface area contributed by atoms with Crippen molar-refractivity contribution in [1.29, 1.82) is 0 Å². The molecule has 1 amide bonds. The largest absolute Gasteiger partial charge is 0.397 e. The number of hydrogen-bond acceptors (Lipinski definition) is 5. The van der Waals surface area contributed by atoms with Crippen molar-refractivity contribution in [2.75, 3.05) is 11.1 Å². The van der Waals surface area contributed by atoms with Gasteiger partial charge in [0.1, 0.15) is 0 Å². The van der Waals surface area contributed by atoms with E-state index in [0.29, 0.717) is 22.9 Å². The molecule has 2 atom stereocenters. The molecule has 0 spiro atoms. The van der Waals surface area contributed by atoms with Crippen LogP contribution in [0.1, 0.15) is 38.7 Å². The van der Waals surface area contributed by atoms with Crippen molar-refractivity contribution in [3.63, 3.8) is 0 Å². The molecule has 59 heavy (non-hydrogen) atoms. The van der Waals surface area contributed by atoms with Crippen LogP contribution in [0.15, 0.2) is 163 Å². The number of carbonyl (C=O) groups excluding carboxylic acids is 1. The van der Waals surface area contributed by atoms with Crippen LogP contribution in [-0.4, -0.2) is 20.9 Å². The van der Waals surface area contributed by atoms with Crippen molar-refractivity contribution in [2.45, 2.75) is 25.2 Å². The molecular formula is C52H39N5OS. The van der Waals surface area contributed by atoms with Gasteiger partial charge in [0.25, 0.3) is 5.91 Å². The number of nitrogens with zero attached hydrogens (tertiary/aromatic N) is 2. The van der Waals surface area contributed by atoms with Gasteiger partial charge in [-0.05, 0) is 134 Å². The molecule has 0 aliphatic heterocycles. The highest BCUT2D eigenvalue weighted by Gasteiger charge is 2.33. The number of para-hydroxylation sites is 1. The summed E-state index contributed by atoms with van der Waals surface area (Å²) in [6.45, 7) is 0. The first-order valence-corrected chi connectivity index (χ1v) is 21.0. The minimum absolute atomic E-state index is 0.192. The number of nitrogens with two attached hydrogens (primary N) is 1. The van der Waals surface area contributed by atoms with Crippen LogP contribution in [0.3, 0.4) is 0 Å². The Morgan fingerprint density at radius 2 is 1.54 bits per heavy atom. The van der Waals surface area contributed by atoms with E-state index in [-0.39, 0.29) is 11.8 Å². The number of aromatic nitrogens is 3. The zero-order chi connectivity index (χ0) is 39.5. The predicted octanol–water partition coefficient (Wildman–Crippen LogP) is 12.4. The summed E-state index contributed by atoms with van der Waals surface area (Å²) >= 11 is 1.65. The average Bonchev–Trinajstić information content (AvgIpc) is 3.98. The van der Waals surface area contributed by atoms with Crippen LogP contribution in [-0.2, 0) is 19.3 Å². The van der Waals surface area contributed by atoms with E-state index >= 15 is 0 Å². The Hall–Kier alpha value is -7.09. The number of nitrogen functional groups attached to an aromatic ring is 1. The maximum absolute atomic E-state index is 13.3. The molecule has 0 saturated carbocycles. The molecule has 3 heterocycles. The Morgan fingerprint density at radius 1 is 0.729 bits per heavy atom. The van der Waals surface area contributed by atoms with Crippen LogP contribution in [0.25, 0.3) is 65.0 Å². The van der Waals surface area contributed by atoms with Crippen LogP contribution in [0.2, 0.25) is 0 Å². The van der Waals surface area contributed by atoms with E-state index < -0.39 is 0 Å². The van der Waals surface area contributed by atoms with Gasteiger partial charge in [0, 0.05) is 39.7 Å². The third-order valence-electron chi connectivity index (χ3n) is 12.3. The summed E-state index contributed by atoms with van der Waals surface area (Å²) in [4.78, 5) is 28.4. The Bertz CT molecular complexity index is 3220. The topological polar surface area (TPSA) is 96.7 Å². The fourth-order valence-corrected chi connectivity index (χ4v) is 9.96. The molecule has 0 bridgehead atoms. The number of carbonyl (C=O) groups is 1. The van der Waals surface area contributed by atoms with Crippen LogP contribution in [0.4, 0.5) is 11.4 Å². The molecule has 10 aromatic rings. The second kappa shape index (κ2) is 14.4. The third-order valence-corrected chi connectivity index (χ3v) is 13.2. The number of fused-ring (bicyclic) bond motifs is 7. The fraction of sp³-hybridized carbons (Fsp3) is 0.0962. The molecule has 284 valence electrons. The van der Waals surface area contributed by atoms with E-state index in [1.807, 2.05) is 60.1 Å². The lowest BCUT2D eigenvalue weighted by Gasteiger charge is -2.34. The Kier molecular flexibility index (Phi) is 8.56. The van der Waals surface area contributed by atoms with E-state index in [4.69, 9.17) is 15.7 Å². The zero-order valence-electron chi connectivity index (χ0n) is 32.2. The molecule has 7 aromatic carbocycles. The van der Waals surface area contributed by atoms with E-state index in [2.05, 4.69) is 114 Å². The first-order valence-electron chi connectivity index (χ1n) is 20.1. The minimum Gasteiger partial charge on any atom is -0.397 e. The van der Waals surface area contributed by atoms with Gasteiger partial charge in [0.15, 0.2) is 0 Å². The van der Waals surface area contributed by atoms with Crippen molar-refractivity contribution >= 4 is 72.1 Å². The molecule has 3 aromatic heterocycles. The molecule has 4 N–H and O–H groups in total. The summed E-state index contributed by atoms with van der Waals surface area (Å²) in [7, 11) is 0. The summed E-state index contributed by atoms with van der Waals surface area (Å²) < 4.78 is 0. The molecule has 0 radical (unpaired) electrons. The van der Waals surface area contributed by atoms with Crippen molar-refractivity contribution in [3.8, 4) is 21.6 Å². The molecular weight excluding hydrogens is 743 g/mol. The Labute approximate surface area is 345 Å². The zero-order valence-corrected chi connectivity index (χ0v) is 33.0. The predicted molar refractivity (Wildman–Crippen MR) is 244 cm³/mol. The van der Waals surface area contributed by atoms with Gasteiger partial charge in [0.2, 0.25) is 0 Å². The van der Waals surface area contributed by atoms with Gasteiger partial charge in [-0.25, -0.2) is 4.98 Å². The molecule has 0 fully saturated rings. The molecule has 2 unspecified atom stereocenters. The maximum Gasteiger partial charge on any atom is 0.255 e. The monoisotopic (exact) mass is 781 g/mol. The SMILES string of the molecule is Nc1ccc(-c2cccs2)cc1NC(=O)c1ccc(-c2ccc3nc(C4Cc5c(ccc6c5ccc5ccccc56)CC4Cc4c[nH]c5ccccc45)cnc3c2)cc1. The van der Waals surface area contributed by atoms with Crippen LogP contribution in [0, 0.1) is 5.92 Å². The third kappa shape index (κ3) is 6.40. The number of hydrogen-bond donors (Lipinski definition) is 3. The van der Waals surface area contributed by atoms with Gasteiger partial charge in [-0.1, -0.05) is 97.1 Å². The smallest absolute Gasteiger partial charge is 0.255 e. The number of aromatic amines is 1. The number of H-pyrrole nitrogens is 1. The van der Waals surface area contributed by atoms with Gasteiger partial charge >= 0.3 is 0 Å². The van der Waals surface area contributed by atoms with Crippen LogP contribution in [0.5, 0.6) is 0 Å². The van der Waals surface area contributed by atoms with E-state index in [0.717, 1.165) is 57.6 Å². The minimum atomic E-state index is -0.210. The van der Waals surface area contributed by atoms with Gasteiger partial charge in [-0.15, -0.1) is 11.3 Å². The van der Waals surface area contributed by atoms with E-state index in [1.165, 1.54) is 49.1 Å². The first-order chi connectivity index (χ1) is 29.0. The lowest BCUT2D eigenvalue weighted by Crippen LogP contribution is -2.27. The molecule has 7 heteroatoms. The van der Waals surface area contributed by atoms with E-state index in [9.17, 15) is 4.79 Å². The summed E-state index contributed by atoms with van der Waals surface area (Å²) in [5.74, 6) is 0.331. The normalized spacial score (nSPS) is 15.2. The van der Waals surface area contributed by atoms with Gasteiger partial charge in [-0.2, -0.15) is 0 Å². The fourth-order valence-electron chi connectivity index (χ4n) is 9.24. The second-order valence-corrected chi connectivity index (χ2v) is 16.7. The van der Waals surface area contributed by atoms with Crippen molar-refractivity contribution in [2.24, 2.45) is 5.92 Å². The highest BCUT2D eigenvalue weighted by Crippen LogP contribution is 2.43. The van der Waals surface area contributed by atoms with Crippen molar-refractivity contribution < 1.29 is 4.79 Å². The summed E-state index contributed by atoms with van der Waals surface area (Å²) in [6, 6.07) is 50.3. The van der Waals surface area contributed by atoms with Crippen molar-refractivity contribution in [3.05, 3.63) is 191 Å². The van der Waals surface area contributed by atoms with Gasteiger partial charge < -0.3 is 16.0 Å². The summed E-state index contributed by atoms with van der Waals surface area (Å²) in [5, 5.41) is 11.5. The molecule has 1 aliphatic carbocycles. The number of thiophene rings is 1. The van der Waals surface area contributed by atoms with Gasteiger partial charge in [-0.3, -0.25) is 9.78 Å². The van der Waals surface area contributed by atoms with Crippen LogP contribution < -0.4 is 11.1 Å². The van der Waals surface area contributed by atoms with Crippen LogP contribution >= 0.6 is 11.3 Å². The lowest BCUT2D eigenvalue weighted by atomic mass is 9.71. The average molecular weight is 782 g/mol. The van der Waals surface area contributed by atoms with E-state index in [1.54, 1.807) is 11.3 Å². The molecule has 1 aliphatic rings. The number of anilines is 2. The lowest BCUT2D eigenvalue weighted by molar-refractivity contribution is 0.102. The number of nitrogens with one attached hydrogen (secondary N) is 2. The Balaban J connectivity index is 0.891. The van der Waals surface area contributed by atoms with Gasteiger partial charge in [0.05, 0.1) is 28.1 Å². The molecule has 0 saturated heterocycles. The number of benzene rings is 7. The standard InChI is InChI=1S/C52H39N5OS/c53-45-21-17-36(51-10-5-23-59-51)27-48(45)57-52(58)33-13-11-31(12-14-33)34-18-22-47-49(26-34)55-30-50(56-47)44-28-43-35(16-20-41-39-7-2-1-6-32(39)15-19-42(41)43)24-37(44)25-38-29-54-46-9-4-3-8-40(38)46/h1-23,26-27,29-30,37,44,54H,24-25,28,53H2,(H,57,58). The number of amides is 1. The molecule has 6 nitrogen and oxygen atoms in total.